The van der Waals surface area contributed by atoms with E-state index < -0.39 is 12.1 Å². The van der Waals surface area contributed by atoms with Crippen molar-refractivity contribution in [3.63, 3.8) is 0 Å². The molecule has 304 valence electrons. The molecule has 0 aliphatic carbocycles. The Labute approximate surface area is 341 Å². The second kappa shape index (κ2) is 21.2. The summed E-state index contributed by atoms with van der Waals surface area (Å²) in [6.45, 7) is 4.99. The molecule has 0 radical (unpaired) electrons. The number of aromatic hydroxyl groups is 1. The monoisotopic (exact) mass is 849 g/mol. The topological polar surface area (TPSA) is 110 Å². The summed E-state index contributed by atoms with van der Waals surface area (Å²) in [6.07, 6.45) is 4.67. The number of hydrogen-bond acceptors (Lipinski definition) is 5. The quantitative estimate of drug-likeness (QED) is 0.124. The van der Waals surface area contributed by atoms with Gasteiger partial charge in [0.2, 0.25) is 5.91 Å². The van der Waals surface area contributed by atoms with E-state index in [-0.39, 0.29) is 17.6 Å². The first kappa shape index (κ1) is 43.4. The number of carboxylic acid groups (broad SMARTS) is 1. The summed E-state index contributed by atoms with van der Waals surface area (Å²) in [6, 6.07) is 31.3. The first-order chi connectivity index (χ1) is 27.4. The zero-order valence-electron chi connectivity index (χ0n) is 32.0. The Balaban J connectivity index is 0.000000811. The first-order valence-electron chi connectivity index (χ1n) is 19.6. The van der Waals surface area contributed by atoms with E-state index in [1.807, 2.05) is 71.6 Å². The van der Waals surface area contributed by atoms with Crippen LogP contribution in [-0.2, 0) is 29.0 Å². The van der Waals surface area contributed by atoms with Crippen LogP contribution >= 0.6 is 15.9 Å². The average molecular weight is 851 g/mol. The van der Waals surface area contributed by atoms with E-state index in [2.05, 4.69) is 44.3 Å². The first-order valence-corrected chi connectivity index (χ1v) is 20.4. The molecular weight excluding hydrogens is 799 g/mol. The third-order valence-electron chi connectivity index (χ3n) is 10.8. The number of amides is 2. The average Bonchev–Trinajstić information content (AvgIpc) is 3.21. The third-order valence-corrected chi connectivity index (χ3v) is 11.4. The predicted octanol–water partition coefficient (Wildman–Crippen LogP) is 9.29. The summed E-state index contributed by atoms with van der Waals surface area (Å²) in [4.78, 5) is 40.6. The lowest BCUT2D eigenvalue weighted by Crippen LogP contribution is -2.38. The van der Waals surface area contributed by atoms with E-state index in [4.69, 9.17) is 9.90 Å². The van der Waals surface area contributed by atoms with Gasteiger partial charge in [0.1, 0.15) is 5.75 Å². The molecule has 0 aromatic heterocycles. The smallest absolute Gasteiger partial charge is 0.490 e. The largest absolute Gasteiger partial charge is 0.508 e. The zero-order valence-corrected chi connectivity index (χ0v) is 33.6. The molecule has 2 amide bonds. The number of alkyl halides is 3. The Morgan fingerprint density at radius 1 is 0.789 bits per heavy atom. The van der Waals surface area contributed by atoms with Gasteiger partial charge in [0.05, 0.1) is 6.42 Å². The highest BCUT2D eigenvalue weighted by Gasteiger charge is 2.38. The fourth-order valence-electron chi connectivity index (χ4n) is 7.55. The number of likely N-dealkylation sites (tertiary alicyclic amines) is 1. The maximum Gasteiger partial charge on any atom is 0.490 e. The van der Waals surface area contributed by atoms with Crippen LogP contribution < -0.4 is 5.32 Å². The number of carbonyl (C=O) groups is 3. The summed E-state index contributed by atoms with van der Waals surface area (Å²) in [5.74, 6) is -0.751. The third kappa shape index (κ3) is 13.7. The van der Waals surface area contributed by atoms with Crippen LogP contribution in [0.1, 0.15) is 72.0 Å². The summed E-state index contributed by atoms with van der Waals surface area (Å²) in [5, 5.41) is 20.3. The van der Waals surface area contributed by atoms with Crippen molar-refractivity contribution in [2.45, 2.75) is 70.5 Å². The lowest BCUT2D eigenvalue weighted by Gasteiger charge is -2.33. The van der Waals surface area contributed by atoms with Crippen molar-refractivity contribution in [2.75, 3.05) is 32.7 Å². The van der Waals surface area contributed by atoms with Crippen LogP contribution in [0.3, 0.4) is 0 Å². The summed E-state index contributed by atoms with van der Waals surface area (Å²) in [7, 11) is 0. The van der Waals surface area contributed by atoms with Gasteiger partial charge in [-0.15, -0.1) is 0 Å². The number of rotatable bonds is 13. The van der Waals surface area contributed by atoms with Gasteiger partial charge in [0, 0.05) is 36.2 Å². The van der Waals surface area contributed by atoms with Crippen molar-refractivity contribution < 1.29 is 37.8 Å². The molecule has 0 bridgehead atoms. The van der Waals surface area contributed by atoms with Crippen LogP contribution in [0.2, 0.25) is 0 Å². The van der Waals surface area contributed by atoms with Crippen LogP contribution in [-0.4, -0.2) is 76.7 Å². The van der Waals surface area contributed by atoms with Crippen molar-refractivity contribution in [3.05, 3.63) is 124 Å². The van der Waals surface area contributed by atoms with Gasteiger partial charge in [-0.1, -0.05) is 95.9 Å². The number of benzene rings is 4. The Bertz CT molecular complexity index is 1910. The number of carbonyl (C=O) groups excluding carboxylic acids is 2. The lowest BCUT2D eigenvalue weighted by molar-refractivity contribution is -0.192. The van der Waals surface area contributed by atoms with Gasteiger partial charge in [-0.05, 0) is 121 Å². The zero-order chi connectivity index (χ0) is 40.8. The molecule has 0 unspecified atom stereocenters. The minimum Gasteiger partial charge on any atom is -0.508 e. The maximum absolute atomic E-state index is 14.0. The Morgan fingerprint density at radius 3 is 2.05 bits per heavy atom. The van der Waals surface area contributed by atoms with Crippen molar-refractivity contribution in [3.8, 4) is 16.9 Å². The van der Waals surface area contributed by atoms with Crippen LogP contribution in [0.5, 0.6) is 5.75 Å². The number of halogens is 4. The van der Waals surface area contributed by atoms with Gasteiger partial charge < -0.3 is 25.3 Å². The summed E-state index contributed by atoms with van der Waals surface area (Å²) in [5.41, 5.74) is 5.70. The lowest BCUT2D eigenvalue weighted by atomic mass is 9.87. The molecule has 57 heavy (non-hydrogen) atoms. The number of nitrogens with zero attached hydrogens (tertiary/aromatic N) is 2. The standard InChI is InChI=1S/C43H50BrN3O3.C2HF3O2/c44-38-15-11-35(12-16-38)30-42(49)47(28-23-34-13-17-39(48)18-14-34)31-36-7-4-8-37(29-36)40-9-1-2-10-41(40)43(50)46-26-21-33(22-27-46)6-3-5-32-19-24-45-25-20-32;3-2(4,5)1(6)7/h1-2,4,7-18,29,32-33,45,48H,3,5-6,19-28,30-31H2;(H,6,7). The van der Waals surface area contributed by atoms with Crippen LogP contribution in [0.4, 0.5) is 13.2 Å². The number of aliphatic carboxylic acids is 1. The van der Waals surface area contributed by atoms with Crippen molar-refractivity contribution in [2.24, 2.45) is 11.8 Å². The number of nitrogens with one attached hydrogen (secondary N) is 1. The molecular formula is C45H51BrF3N3O5. The van der Waals surface area contributed by atoms with Crippen LogP contribution in [0, 0.1) is 11.8 Å². The minimum absolute atomic E-state index is 0.0572. The Hall–Kier alpha value is -4.68. The Morgan fingerprint density at radius 2 is 1.40 bits per heavy atom. The van der Waals surface area contributed by atoms with Crippen molar-refractivity contribution >= 4 is 33.7 Å². The van der Waals surface area contributed by atoms with Crippen molar-refractivity contribution in [1.29, 1.82) is 0 Å². The number of hydrogen-bond donors (Lipinski definition) is 3. The molecule has 2 heterocycles. The van der Waals surface area contributed by atoms with Gasteiger partial charge in [0.25, 0.3) is 5.91 Å². The van der Waals surface area contributed by atoms with Crippen LogP contribution in [0.15, 0.2) is 102 Å². The Kier molecular flexibility index (Phi) is 16.1. The van der Waals surface area contributed by atoms with E-state index in [1.54, 1.807) is 12.1 Å². The number of phenolic OH excluding ortho intramolecular Hbond substituents is 1. The van der Waals surface area contributed by atoms with E-state index in [0.29, 0.717) is 25.9 Å². The predicted molar refractivity (Wildman–Crippen MR) is 219 cm³/mol. The number of piperidine rings is 2. The molecule has 12 heteroatoms. The molecule has 3 N–H and O–H groups in total. The van der Waals surface area contributed by atoms with E-state index in [0.717, 1.165) is 75.6 Å². The second-order valence-corrected chi connectivity index (χ2v) is 15.9. The SMILES string of the molecule is O=C(Cc1ccc(Br)cc1)N(CCc1ccc(O)cc1)Cc1cccc(-c2ccccc2C(=O)N2CCC(CCCC3CCNCC3)CC2)c1.O=C(O)C(F)(F)F. The maximum atomic E-state index is 14.0. The van der Waals surface area contributed by atoms with E-state index >= 15 is 0 Å². The van der Waals surface area contributed by atoms with Gasteiger partial charge in [-0.2, -0.15) is 13.2 Å². The second-order valence-electron chi connectivity index (χ2n) is 14.9. The summed E-state index contributed by atoms with van der Waals surface area (Å²) < 4.78 is 32.7. The molecule has 4 aromatic rings. The fraction of sp³-hybridized carbons (Fsp3) is 0.400. The molecule has 2 aliphatic heterocycles. The summed E-state index contributed by atoms with van der Waals surface area (Å²) >= 11 is 3.49. The highest BCUT2D eigenvalue weighted by molar-refractivity contribution is 9.10. The highest BCUT2D eigenvalue weighted by atomic mass is 79.9. The van der Waals surface area contributed by atoms with Gasteiger partial charge in [-0.3, -0.25) is 9.59 Å². The number of phenols is 1. The molecule has 2 fully saturated rings. The van der Waals surface area contributed by atoms with Gasteiger partial charge >= 0.3 is 12.1 Å². The minimum atomic E-state index is -5.08. The normalized spacial score (nSPS) is 15.1. The fourth-order valence-corrected chi connectivity index (χ4v) is 7.81. The number of carboxylic acids is 1. The molecule has 6 rings (SSSR count). The van der Waals surface area contributed by atoms with Gasteiger partial charge in [-0.25, -0.2) is 4.79 Å². The highest BCUT2D eigenvalue weighted by Crippen LogP contribution is 2.30. The molecule has 2 aliphatic rings. The molecule has 0 spiro atoms. The van der Waals surface area contributed by atoms with Crippen LogP contribution in [0.25, 0.3) is 11.1 Å². The molecule has 0 saturated carbocycles. The van der Waals surface area contributed by atoms with E-state index in [1.165, 1.54) is 45.2 Å². The molecule has 0 atom stereocenters. The molecule has 4 aromatic carbocycles. The van der Waals surface area contributed by atoms with Gasteiger partial charge in [0.15, 0.2) is 0 Å². The molecule has 2 saturated heterocycles. The van der Waals surface area contributed by atoms with E-state index in [9.17, 15) is 27.9 Å². The molecule has 8 nitrogen and oxygen atoms in total. The van der Waals surface area contributed by atoms with Crippen molar-refractivity contribution in [1.82, 2.24) is 15.1 Å².